The molecule has 10 heteroatoms. The molecule has 0 heterocycles. The van der Waals surface area contributed by atoms with Crippen LogP contribution in [0, 0.1) is 11.8 Å². The fourth-order valence-corrected chi connectivity index (χ4v) is 3.19. The van der Waals surface area contributed by atoms with Crippen LogP contribution in [-0.4, -0.2) is 65.0 Å². The monoisotopic (exact) mass is 446 g/mol. The Hall–Kier alpha value is -1.81. The molecule has 3 amide bonds. The van der Waals surface area contributed by atoms with Crippen molar-refractivity contribution in [3.63, 3.8) is 0 Å². The molecule has 5 unspecified atom stereocenters. The summed E-state index contributed by atoms with van der Waals surface area (Å²) < 4.78 is 0. The largest absolute Gasteiger partial charge is 0.480 e. The number of rotatable bonds is 14. The number of aliphatic carboxylic acids is 1. The molecule has 0 saturated carbocycles. The lowest BCUT2D eigenvalue weighted by Gasteiger charge is -2.25. The number of carbonyl (C=O) groups is 4. The van der Waals surface area contributed by atoms with Gasteiger partial charge in [-0.05, 0) is 43.6 Å². The first-order chi connectivity index (χ1) is 13.9. The molecule has 5 atom stereocenters. The lowest BCUT2D eigenvalue weighted by Crippen LogP contribution is -2.57. The Labute approximate surface area is 183 Å². The van der Waals surface area contributed by atoms with E-state index in [4.69, 9.17) is 5.73 Å². The number of hydrogen-bond acceptors (Lipinski definition) is 6. The maximum atomic E-state index is 12.7. The van der Waals surface area contributed by atoms with Gasteiger partial charge in [0, 0.05) is 0 Å². The average Bonchev–Trinajstić information content (AvgIpc) is 2.67. The topological polar surface area (TPSA) is 151 Å². The van der Waals surface area contributed by atoms with Crippen LogP contribution in [0.3, 0.4) is 0 Å². The van der Waals surface area contributed by atoms with Gasteiger partial charge in [-0.25, -0.2) is 4.79 Å². The van der Waals surface area contributed by atoms with E-state index < -0.39 is 47.9 Å². The fraction of sp³-hybridized carbons (Fsp3) is 0.800. The molecular formula is C20H38N4O5S. The number of carbonyl (C=O) groups excluding carboxylic acids is 3. The van der Waals surface area contributed by atoms with Crippen LogP contribution in [-0.2, 0) is 19.2 Å². The van der Waals surface area contributed by atoms with E-state index in [2.05, 4.69) is 16.0 Å². The van der Waals surface area contributed by atoms with Gasteiger partial charge in [0.15, 0.2) is 0 Å². The van der Waals surface area contributed by atoms with E-state index in [1.165, 1.54) is 6.92 Å². The van der Waals surface area contributed by atoms with Crippen LogP contribution in [0.4, 0.5) is 0 Å². The summed E-state index contributed by atoms with van der Waals surface area (Å²) >= 11 is 1.58. The smallest absolute Gasteiger partial charge is 0.326 e. The Morgan fingerprint density at radius 3 is 2.03 bits per heavy atom. The quantitative estimate of drug-likeness (QED) is 0.264. The summed E-state index contributed by atoms with van der Waals surface area (Å²) in [6.45, 7) is 8.87. The number of hydrogen-bond donors (Lipinski definition) is 5. The summed E-state index contributed by atoms with van der Waals surface area (Å²) in [5, 5.41) is 17.0. The van der Waals surface area contributed by atoms with E-state index >= 15 is 0 Å². The average molecular weight is 447 g/mol. The van der Waals surface area contributed by atoms with Gasteiger partial charge in [-0.15, -0.1) is 0 Å². The molecule has 0 radical (unpaired) electrons. The van der Waals surface area contributed by atoms with Crippen LogP contribution in [0.2, 0.25) is 0 Å². The van der Waals surface area contributed by atoms with E-state index in [0.717, 1.165) is 5.75 Å². The van der Waals surface area contributed by atoms with Crippen LogP contribution < -0.4 is 21.7 Å². The van der Waals surface area contributed by atoms with Gasteiger partial charge in [-0.2, -0.15) is 11.8 Å². The van der Waals surface area contributed by atoms with Gasteiger partial charge in [0.2, 0.25) is 17.7 Å². The number of amides is 3. The number of carboxylic acids is 1. The van der Waals surface area contributed by atoms with Crippen molar-refractivity contribution in [2.24, 2.45) is 17.6 Å². The first kappa shape index (κ1) is 28.2. The second-order valence-corrected chi connectivity index (χ2v) is 9.00. The summed E-state index contributed by atoms with van der Waals surface area (Å²) in [6.07, 6.45) is 3.37. The van der Waals surface area contributed by atoms with Crippen LogP contribution in [0.25, 0.3) is 0 Å². The second kappa shape index (κ2) is 14.2. The van der Waals surface area contributed by atoms with Crippen LogP contribution >= 0.6 is 11.8 Å². The molecule has 0 spiro atoms. The van der Waals surface area contributed by atoms with Crippen molar-refractivity contribution in [2.45, 2.75) is 78.0 Å². The Morgan fingerprint density at radius 2 is 1.57 bits per heavy atom. The van der Waals surface area contributed by atoms with E-state index in [9.17, 15) is 24.3 Å². The first-order valence-electron chi connectivity index (χ1n) is 10.3. The molecule has 6 N–H and O–H groups in total. The Kier molecular flexibility index (Phi) is 13.4. The van der Waals surface area contributed by atoms with Gasteiger partial charge in [0.05, 0.1) is 6.04 Å². The van der Waals surface area contributed by atoms with Gasteiger partial charge < -0.3 is 26.8 Å². The molecule has 0 saturated heterocycles. The predicted octanol–water partition coefficient (Wildman–Crippen LogP) is 0.718. The Morgan fingerprint density at radius 1 is 0.967 bits per heavy atom. The summed E-state index contributed by atoms with van der Waals surface area (Å²) in [7, 11) is 0. The van der Waals surface area contributed by atoms with Crippen molar-refractivity contribution >= 4 is 35.5 Å². The molecular weight excluding hydrogens is 408 g/mol. The van der Waals surface area contributed by atoms with Gasteiger partial charge in [0.25, 0.3) is 0 Å². The third-order valence-corrected chi connectivity index (χ3v) is 5.48. The first-order valence-corrected chi connectivity index (χ1v) is 11.7. The maximum Gasteiger partial charge on any atom is 0.326 e. The van der Waals surface area contributed by atoms with E-state index in [1.807, 2.05) is 27.0 Å². The number of thioether (sulfide) groups is 1. The van der Waals surface area contributed by atoms with Crippen molar-refractivity contribution in [3.05, 3.63) is 0 Å². The highest BCUT2D eigenvalue weighted by Gasteiger charge is 2.30. The minimum absolute atomic E-state index is 0.120. The Bertz CT molecular complexity index is 588. The molecule has 0 rings (SSSR count). The highest BCUT2D eigenvalue weighted by atomic mass is 32.2. The van der Waals surface area contributed by atoms with Crippen molar-refractivity contribution in [1.29, 1.82) is 0 Å². The van der Waals surface area contributed by atoms with Crippen molar-refractivity contribution in [2.75, 3.05) is 12.0 Å². The maximum absolute atomic E-state index is 12.7. The fourth-order valence-electron chi connectivity index (χ4n) is 2.70. The zero-order valence-electron chi connectivity index (χ0n) is 18.9. The normalized spacial score (nSPS) is 16.1. The number of carboxylic acid groups (broad SMARTS) is 1. The SMILES string of the molecule is CCC(C)C(NC(=O)C(C)NC(=O)C(CC(C)C)NC(=O)C(N)CCSC)C(=O)O. The highest BCUT2D eigenvalue weighted by Crippen LogP contribution is 2.09. The lowest BCUT2D eigenvalue weighted by atomic mass is 9.99. The molecule has 0 aliphatic carbocycles. The summed E-state index contributed by atoms with van der Waals surface area (Å²) in [5.41, 5.74) is 5.88. The zero-order valence-corrected chi connectivity index (χ0v) is 19.7. The molecule has 9 nitrogen and oxygen atoms in total. The third kappa shape index (κ3) is 10.3. The van der Waals surface area contributed by atoms with Crippen LogP contribution in [0.1, 0.15) is 53.9 Å². The third-order valence-electron chi connectivity index (χ3n) is 4.84. The minimum atomic E-state index is -1.12. The molecule has 0 aromatic carbocycles. The van der Waals surface area contributed by atoms with Crippen molar-refractivity contribution < 1.29 is 24.3 Å². The number of nitrogens with two attached hydrogens (primary N) is 1. The van der Waals surface area contributed by atoms with E-state index in [0.29, 0.717) is 19.3 Å². The van der Waals surface area contributed by atoms with Crippen LogP contribution in [0.15, 0.2) is 0 Å². The second-order valence-electron chi connectivity index (χ2n) is 8.02. The minimum Gasteiger partial charge on any atom is -0.480 e. The molecule has 0 aromatic rings. The molecule has 30 heavy (non-hydrogen) atoms. The molecule has 174 valence electrons. The standard InChI is InChI=1S/C20H38N4O5S/c1-7-12(4)16(20(28)29)24-17(25)13(5)22-19(27)15(10-11(2)3)23-18(26)14(21)8-9-30-6/h11-16H,7-10,21H2,1-6H3,(H,22,27)(H,23,26)(H,24,25)(H,28,29). The van der Waals surface area contributed by atoms with Gasteiger partial charge in [-0.1, -0.05) is 34.1 Å². The number of nitrogens with one attached hydrogen (secondary N) is 3. The van der Waals surface area contributed by atoms with Gasteiger partial charge >= 0.3 is 5.97 Å². The Balaban J connectivity index is 5.06. The lowest BCUT2D eigenvalue weighted by molar-refractivity contribution is -0.143. The zero-order chi connectivity index (χ0) is 23.4. The molecule has 0 bridgehead atoms. The predicted molar refractivity (Wildman–Crippen MR) is 119 cm³/mol. The summed E-state index contributed by atoms with van der Waals surface area (Å²) in [5.74, 6) is -2.05. The molecule has 0 fully saturated rings. The van der Waals surface area contributed by atoms with E-state index in [-0.39, 0.29) is 11.8 Å². The molecule has 0 aliphatic rings. The highest BCUT2D eigenvalue weighted by molar-refractivity contribution is 7.98. The van der Waals surface area contributed by atoms with Crippen molar-refractivity contribution in [3.8, 4) is 0 Å². The summed E-state index contributed by atoms with van der Waals surface area (Å²) in [4.78, 5) is 48.8. The van der Waals surface area contributed by atoms with Crippen LogP contribution in [0.5, 0.6) is 0 Å². The van der Waals surface area contributed by atoms with E-state index in [1.54, 1.807) is 18.7 Å². The molecule has 0 aliphatic heterocycles. The molecule has 0 aromatic heterocycles. The van der Waals surface area contributed by atoms with Gasteiger partial charge in [-0.3, -0.25) is 14.4 Å². The van der Waals surface area contributed by atoms with Crippen molar-refractivity contribution in [1.82, 2.24) is 16.0 Å². The van der Waals surface area contributed by atoms with Gasteiger partial charge in [0.1, 0.15) is 18.1 Å². The summed E-state index contributed by atoms with van der Waals surface area (Å²) in [6, 6.07) is -3.55.